The van der Waals surface area contributed by atoms with Crippen LogP contribution in [0.4, 0.5) is 13.2 Å². The number of nitrogens with one attached hydrogen (secondary N) is 3. The Labute approximate surface area is 184 Å². The van der Waals surface area contributed by atoms with Crippen molar-refractivity contribution >= 4 is 39.2 Å². The number of fused-ring (bicyclic) bond motifs is 4. The van der Waals surface area contributed by atoms with Crippen LogP contribution in [0.2, 0.25) is 5.02 Å². The molecule has 0 saturated carbocycles. The van der Waals surface area contributed by atoms with Crippen molar-refractivity contribution in [1.29, 1.82) is 0 Å². The van der Waals surface area contributed by atoms with Gasteiger partial charge in [-0.1, -0.05) is 11.6 Å². The van der Waals surface area contributed by atoms with Crippen LogP contribution < -0.4 is 10.9 Å². The summed E-state index contributed by atoms with van der Waals surface area (Å²) >= 11 is 6.09. The third-order valence-corrected chi connectivity index (χ3v) is 6.14. The van der Waals surface area contributed by atoms with Crippen LogP contribution in [0.3, 0.4) is 0 Å². The largest absolute Gasteiger partial charge is 0.350 e. The van der Waals surface area contributed by atoms with Crippen molar-refractivity contribution in [2.24, 2.45) is 0 Å². The number of aromatic amines is 2. The van der Waals surface area contributed by atoms with E-state index in [4.69, 9.17) is 11.6 Å². The number of pyridine rings is 1. The predicted octanol–water partition coefficient (Wildman–Crippen LogP) is 4.00. The lowest BCUT2D eigenvalue weighted by molar-refractivity contribution is 0.0718. The number of rotatable bonds is 2. The SMILES string of the molecule is CN(C(=O)c1cc2c(Cl)cc(F)cc2[nH]1)[C@@H]1CNCc2[nH]c(=O)c3cc(F)c(F)cc3c21. The fraction of sp³-hybridized carbons (Fsp3) is 0.182. The first-order valence-corrected chi connectivity index (χ1v) is 10.1. The molecule has 1 amide bonds. The van der Waals surface area contributed by atoms with Gasteiger partial charge in [0.2, 0.25) is 0 Å². The molecule has 0 aliphatic carbocycles. The minimum absolute atomic E-state index is 0.00303. The zero-order valence-electron chi connectivity index (χ0n) is 16.7. The molecule has 164 valence electrons. The standard InChI is InChI=1S/C22H16ClF3N4O2/c1-30(22(32)17-6-12-13(23)2-9(24)3-16(12)28-17)19-8-27-7-18-20(19)10-4-14(25)15(26)5-11(10)21(31)29-18/h2-6,19,27-28H,7-8H2,1H3,(H,29,31)/t19-/m1/s1. The summed E-state index contributed by atoms with van der Waals surface area (Å²) in [4.78, 5) is 32.7. The maximum absolute atomic E-state index is 14.1. The highest BCUT2D eigenvalue weighted by molar-refractivity contribution is 6.35. The molecule has 0 unspecified atom stereocenters. The molecule has 2 aromatic carbocycles. The summed E-state index contributed by atoms with van der Waals surface area (Å²) in [7, 11) is 1.56. The van der Waals surface area contributed by atoms with Gasteiger partial charge in [-0.2, -0.15) is 0 Å². The molecule has 2 aromatic heterocycles. The van der Waals surface area contributed by atoms with Crippen molar-refractivity contribution < 1.29 is 18.0 Å². The Bertz CT molecular complexity index is 1480. The average Bonchev–Trinajstić information content (AvgIpc) is 3.18. The lowest BCUT2D eigenvalue weighted by Gasteiger charge is -2.34. The molecule has 32 heavy (non-hydrogen) atoms. The zero-order chi connectivity index (χ0) is 22.7. The van der Waals surface area contributed by atoms with E-state index in [1.165, 1.54) is 17.0 Å². The van der Waals surface area contributed by atoms with E-state index in [1.54, 1.807) is 7.05 Å². The number of halogens is 4. The zero-order valence-corrected chi connectivity index (χ0v) is 17.4. The molecule has 0 saturated heterocycles. The van der Waals surface area contributed by atoms with E-state index in [-0.39, 0.29) is 21.5 Å². The van der Waals surface area contributed by atoms with E-state index in [9.17, 15) is 22.8 Å². The summed E-state index contributed by atoms with van der Waals surface area (Å²) < 4.78 is 41.5. The molecule has 1 atom stereocenters. The minimum Gasteiger partial charge on any atom is -0.350 e. The first kappa shape index (κ1) is 20.6. The van der Waals surface area contributed by atoms with Crippen LogP contribution in [-0.2, 0) is 6.54 Å². The minimum atomic E-state index is -1.12. The number of aromatic nitrogens is 2. The highest BCUT2D eigenvalue weighted by atomic mass is 35.5. The Balaban J connectivity index is 1.62. The van der Waals surface area contributed by atoms with E-state index in [0.717, 1.165) is 18.2 Å². The van der Waals surface area contributed by atoms with Gasteiger partial charge in [0.05, 0.1) is 22.0 Å². The molecule has 6 nitrogen and oxygen atoms in total. The van der Waals surface area contributed by atoms with Crippen LogP contribution >= 0.6 is 11.6 Å². The number of carbonyl (C=O) groups is 1. The highest BCUT2D eigenvalue weighted by Crippen LogP contribution is 2.33. The number of amides is 1. The summed E-state index contributed by atoms with van der Waals surface area (Å²) in [6.45, 7) is 0.629. The van der Waals surface area contributed by atoms with Crippen LogP contribution in [0, 0.1) is 17.5 Å². The Morgan fingerprint density at radius 2 is 1.75 bits per heavy atom. The van der Waals surface area contributed by atoms with E-state index >= 15 is 0 Å². The fourth-order valence-electron chi connectivity index (χ4n) is 4.29. The van der Waals surface area contributed by atoms with Gasteiger partial charge in [-0.3, -0.25) is 9.59 Å². The Morgan fingerprint density at radius 3 is 2.50 bits per heavy atom. The van der Waals surface area contributed by atoms with Crippen molar-refractivity contribution in [3.8, 4) is 0 Å². The third kappa shape index (κ3) is 3.16. The van der Waals surface area contributed by atoms with Gasteiger partial charge < -0.3 is 20.2 Å². The molecule has 0 bridgehead atoms. The summed E-state index contributed by atoms with van der Waals surface area (Å²) in [6, 6.07) is 5.19. The molecule has 0 fully saturated rings. The summed E-state index contributed by atoms with van der Waals surface area (Å²) in [6.07, 6.45) is 0. The van der Waals surface area contributed by atoms with E-state index < -0.39 is 35.0 Å². The average molecular weight is 461 g/mol. The number of hydrogen-bond acceptors (Lipinski definition) is 3. The normalized spacial score (nSPS) is 15.8. The topological polar surface area (TPSA) is 81.0 Å². The van der Waals surface area contributed by atoms with Crippen molar-refractivity contribution in [3.63, 3.8) is 0 Å². The van der Waals surface area contributed by atoms with Gasteiger partial charge in [0.1, 0.15) is 11.5 Å². The van der Waals surface area contributed by atoms with Crippen molar-refractivity contribution in [2.45, 2.75) is 12.6 Å². The molecular formula is C22H16ClF3N4O2. The number of H-pyrrole nitrogens is 2. The van der Waals surface area contributed by atoms with Crippen molar-refractivity contribution in [3.05, 3.63) is 80.1 Å². The molecule has 4 aromatic rings. The molecule has 1 aliphatic rings. The number of nitrogens with zero attached hydrogens (tertiary/aromatic N) is 1. The molecular weight excluding hydrogens is 445 g/mol. The quantitative estimate of drug-likeness (QED) is 0.423. The van der Waals surface area contributed by atoms with Gasteiger partial charge in [-0.05, 0) is 35.7 Å². The van der Waals surface area contributed by atoms with Crippen LogP contribution in [0.15, 0.2) is 35.1 Å². The fourth-order valence-corrected chi connectivity index (χ4v) is 4.55. The summed E-state index contributed by atoms with van der Waals surface area (Å²) in [5, 5.41) is 4.04. The predicted molar refractivity (Wildman–Crippen MR) is 114 cm³/mol. The Kier molecular flexibility index (Phi) is 4.75. The second-order valence-electron chi connectivity index (χ2n) is 7.75. The van der Waals surface area contributed by atoms with Crippen molar-refractivity contribution in [2.75, 3.05) is 13.6 Å². The van der Waals surface area contributed by atoms with E-state index in [0.29, 0.717) is 35.2 Å². The second-order valence-corrected chi connectivity index (χ2v) is 8.16. The van der Waals surface area contributed by atoms with Gasteiger partial charge in [0, 0.05) is 36.8 Å². The molecule has 3 heterocycles. The van der Waals surface area contributed by atoms with Gasteiger partial charge in [0.15, 0.2) is 11.6 Å². The lowest BCUT2D eigenvalue weighted by atomic mass is 9.93. The summed E-state index contributed by atoms with van der Waals surface area (Å²) in [5.41, 5.74) is 1.05. The molecule has 3 N–H and O–H groups in total. The lowest BCUT2D eigenvalue weighted by Crippen LogP contribution is -2.42. The number of likely N-dealkylation sites (N-methyl/N-ethyl adjacent to an activating group) is 1. The highest BCUT2D eigenvalue weighted by Gasteiger charge is 2.31. The number of carbonyl (C=O) groups excluding carboxylic acids is 1. The Hall–Kier alpha value is -3.30. The van der Waals surface area contributed by atoms with Crippen LogP contribution in [-0.4, -0.2) is 34.4 Å². The first-order valence-electron chi connectivity index (χ1n) is 9.74. The maximum atomic E-state index is 14.1. The molecule has 5 rings (SSSR count). The van der Waals surface area contributed by atoms with Gasteiger partial charge in [-0.15, -0.1) is 0 Å². The van der Waals surface area contributed by atoms with Gasteiger partial charge in [-0.25, -0.2) is 13.2 Å². The van der Waals surface area contributed by atoms with Crippen LogP contribution in [0.1, 0.15) is 27.8 Å². The number of benzene rings is 2. The van der Waals surface area contributed by atoms with Crippen molar-refractivity contribution in [1.82, 2.24) is 20.2 Å². The van der Waals surface area contributed by atoms with Gasteiger partial charge >= 0.3 is 0 Å². The van der Waals surface area contributed by atoms with Gasteiger partial charge in [0.25, 0.3) is 11.5 Å². The molecule has 0 spiro atoms. The maximum Gasteiger partial charge on any atom is 0.270 e. The third-order valence-electron chi connectivity index (χ3n) is 5.83. The smallest absolute Gasteiger partial charge is 0.270 e. The molecule has 10 heteroatoms. The van der Waals surface area contributed by atoms with Crippen LogP contribution in [0.5, 0.6) is 0 Å². The second kappa shape index (κ2) is 7.39. The summed E-state index contributed by atoms with van der Waals surface area (Å²) in [5.74, 6) is -3.16. The number of hydrogen-bond donors (Lipinski definition) is 3. The molecule has 1 aliphatic heterocycles. The monoisotopic (exact) mass is 460 g/mol. The first-order chi connectivity index (χ1) is 15.2. The van der Waals surface area contributed by atoms with E-state index in [1.807, 2.05) is 0 Å². The van der Waals surface area contributed by atoms with E-state index in [2.05, 4.69) is 15.3 Å². The van der Waals surface area contributed by atoms with Crippen LogP contribution in [0.25, 0.3) is 21.7 Å². The molecule has 0 radical (unpaired) electrons. The Morgan fingerprint density at radius 1 is 1.03 bits per heavy atom.